The van der Waals surface area contributed by atoms with Gasteiger partial charge >= 0.3 is 5.97 Å². The van der Waals surface area contributed by atoms with Gasteiger partial charge in [-0.1, -0.05) is 35.6 Å². The van der Waals surface area contributed by atoms with Gasteiger partial charge in [-0.2, -0.15) is 0 Å². The van der Waals surface area contributed by atoms with Crippen molar-refractivity contribution in [2.45, 2.75) is 52.2 Å². The van der Waals surface area contributed by atoms with E-state index in [1.807, 2.05) is 30.3 Å². The highest BCUT2D eigenvalue weighted by molar-refractivity contribution is 7.07. The first kappa shape index (κ1) is 26.0. The molecule has 198 valence electrons. The van der Waals surface area contributed by atoms with Crippen LogP contribution in [0.5, 0.6) is 5.75 Å². The molecule has 2 aromatic carbocycles. The quantitative estimate of drug-likeness (QED) is 0.446. The van der Waals surface area contributed by atoms with E-state index < -0.39 is 12.0 Å². The molecule has 2 aliphatic rings. The molecule has 0 spiro atoms. The summed E-state index contributed by atoms with van der Waals surface area (Å²) in [6.07, 6.45) is 5.35. The molecule has 0 aliphatic carbocycles. The summed E-state index contributed by atoms with van der Waals surface area (Å²) in [5, 5.41) is 0. The summed E-state index contributed by atoms with van der Waals surface area (Å²) in [4.78, 5) is 34.7. The molecule has 2 aliphatic heterocycles. The van der Waals surface area contributed by atoms with Crippen molar-refractivity contribution >= 4 is 29.1 Å². The van der Waals surface area contributed by atoms with Crippen LogP contribution < -0.4 is 24.5 Å². The molecule has 1 atom stereocenters. The summed E-state index contributed by atoms with van der Waals surface area (Å²) in [5.41, 5.74) is 3.63. The zero-order chi connectivity index (χ0) is 26.8. The summed E-state index contributed by atoms with van der Waals surface area (Å²) >= 11 is 1.33. The number of anilines is 1. The highest BCUT2D eigenvalue weighted by Gasteiger charge is 2.34. The van der Waals surface area contributed by atoms with E-state index in [0.29, 0.717) is 26.4 Å². The fourth-order valence-electron chi connectivity index (χ4n) is 5.07. The van der Waals surface area contributed by atoms with Crippen LogP contribution >= 0.6 is 11.3 Å². The number of rotatable bonds is 6. The monoisotopic (exact) mass is 531 g/mol. The number of benzene rings is 2. The molecule has 8 heteroatoms. The van der Waals surface area contributed by atoms with Crippen molar-refractivity contribution in [3.8, 4) is 5.75 Å². The normalized spacial score (nSPS) is 17.9. The predicted molar refractivity (Wildman–Crippen MR) is 150 cm³/mol. The van der Waals surface area contributed by atoms with E-state index in [1.165, 1.54) is 36.3 Å². The molecule has 38 heavy (non-hydrogen) atoms. The van der Waals surface area contributed by atoms with Crippen LogP contribution in [0.4, 0.5) is 5.69 Å². The molecule has 7 nitrogen and oxygen atoms in total. The lowest BCUT2D eigenvalue weighted by Gasteiger charge is -2.28. The number of methoxy groups -OCH3 is 1. The van der Waals surface area contributed by atoms with Gasteiger partial charge in [-0.3, -0.25) is 9.36 Å². The van der Waals surface area contributed by atoms with Crippen LogP contribution in [0.25, 0.3) is 6.08 Å². The van der Waals surface area contributed by atoms with Crippen LogP contribution in [0.2, 0.25) is 0 Å². The number of hydrogen-bond acceptors (Lipinski definition) is 7. The molecule has 3 heterocycles. The second-order valence-electron chi connectivity index (χ2n) is 9.95. The van der Waals surface area contributed by atoms with Crippen molar-refractivity contribution in [2.75, 3.05) is 25.1 Å². The van der Waals surface area contributed by atoms with Crippen LogP contribution in [0, 0.1) is 0 Å². The Kier molecular flexibility index (Phi) is 7.51. The van der Waals surface area contributed by atoms with Gasteiger partial charge in [0.25, 0.3) is 5.56 Å². The SMILES string of the molecule is COc1cccc([C@H]2C(C(=O)OC(C)C)=C(C)N=c3s/c(=C\c4ccc(N5CCCCC5)cc4)c(=O)n32)c1. The average Bonchev–Trinajstić information content (AvgIpc) is 3.22. The third-order valence-corrected chi connectivity index (χ3v) is 7.89. The number of allylic oxidation sites excluding steroid dienone is 1. The lowest BCUT2D eigenvalue weighted by atomic mass is 9.95. The number of nitrogens with zero attached hydrogens (tertiary/aromatic N) is 3. The second-order valence-corrected chi connectivity index (χ2v) is 11.0. The maximum absolute atomic E-state index is 13.8. The summed E-state index contributed by atoms with van der Waals surface area (Å²) in [6.45, 7) is 7.58. The molecule has 0 amide bonds. The Morgan fingerprint density at radius 1 is 1.11 bits per heavy atom. The maximum atomic E-state index is 13.8. The zero-order valence-electron chi connectivity index (χ0n) is 22.3. The van der Waals surface area contributed by atoms with E-state index in [-0.39, 0.29) is 11.7 Å². The number of thiazole rings is 1. The standard InChI is InChI=1S/C30H33N3O4S/c1-19(2)37-29(35)26-20(3)31-30-33(27(26)22-9-8-10-24(18-22)36-4)28(34)25(38-30)17-21-11-13-23(14-12-21)32-15-6-5-7-16-32/h8-14,17-19,27H,5-7,15-16H2,1-4H3/b25-17-/t27-/m0/s1. The lowest BCUT2D eigenvalue weighted by Crippen LogP contribution is -2.40. The number of piperidine rings is 1. The van der Waals surface area contributed by atoms with Crippen molar-refractivity contribution in [3.05, 3.63) is 90.6 Å². The fourth-order valence-corrected chi connectivity index (χ4v) is 6.12. The Balaban J connectivity index is 1.59. The van der Waals surface area contributed by atoms with Crippen molar-refractivity contribution in [1.29, 1.82) is 0 Å². The number of esters is 1. The number of carbonyl (C=O) groups excluding carboxylic acids is 1. The van der Waals surface area contributed by atoms with E-state index in [2.05, 4.69) is 34.2 Å². The van der Waals surface area contributed by atoms with Gasteiger partial charge in [0.05, 0.1) is 35.1 Å². The topological polar surface area (TPSA) is 73.1 Å². The molecule has 1 fully saturated rings. The summed E-state index contributed by atoms with van der Waals surface area (Å²) < 4.78 is 13.2. The summed E-state index contributed by atoms with van der Waals surface area (Å²) in [5.74, 6) is 0.168. The first-order chi connectivity index (χ1) is 18.4. The van der Waals surface area contributed by atoms with Crippen LogP contribution in [0.3, 0.4) is 0 Å². The highest BCUT2D eigenvalue weighted by atomic mass is 32.1. The minimum Gasteiger partial charge on any atom is -0.497 e. The molecule has 5 rings (SSSR count). The van der Waals surface area contributed by atoms with Gasteiger partial charge in [0.1, 0.15) is 5.75 Å². The van der Waals surface area contributed by atoms with Gasteiger partial charge in [-0.05, 0) is 81.5 Å². The smallest absolute Gasteiger partial charge is 0.338 e. The molecule has 0 radical (unpaired) electrons. The van der Waals surface area contributed by atoms with Gasteiger partial charge in [0, 0.05) is 18.8 Å². The van der Waals surface area contributed by atoms with Crippen LogP contribution in [0.1, 0.15) is 57.2 Å². The third-order valence-electron chi connectivity index (χ3n) is 6.91. The summed E-state index contributed by atoms with van der Waals surface area (Å²) in [7, 11) is 1.59. The average molecular weight is 532 g/mol. The van der Waals surface area contributed by atoms with Crippen LogP contribution in [-0.2, 0) is 9.53 Å². The second kappa shape index (κ2) is 11.0. The van der Waals surface area contributed by atoms with Gasteiger partial charge in [-0.15, -0.1) is 0 Å². The highest BCUT2D eigenvalue weighted by Crippen LogP contribution is 2.32. The number of hydrogen-bond donors (Lipinski definition) is 0. The van der Waals surface area contributed by atoms with Crippen molar-refractivity contribution in [3.63, 3.8) is 0 Å². The van der Waals surface area contributed by atoms with Crippen molar-refractivity contribution in [2.24, 2.45) is 4.99 Å². The molecular formula is C30H33N3O4S. The maximum Gasteiger partial charge on any atom is 0.338 e. The van der Waals surface area contributed by atoms with E-state index in [9.17, 15) is 9.59 Å². The van der Waals surface area contributed by atoms with E-state index >= 15 is 0 Å². The molecule has 0 saturated carbocycles. The Morgan fingerprint density at radius 2 is 1.84 bits per heavy atom. The summed E-state index contributed by atoms with van der Waals surface area (Å²) in [6, 6.07) is 15.1. The van der Waals surface area contributed by atoms with Crippen LogP contribution in [-0.4, -0.2) is 36.8 Å². The minimum absolute atomic E-state index is 0.191. The molecule has 0 unspecified atom stereocenters. The molecule has 3 aromatic rings. The largest absolute Gasteiger partial charge is 0.497 e. The number of ether oxygens (including phenoxy) is 2. The van der Waals surface area contributed by atoms with Gasteiger partial charge in [0.2, 0.25) is 0 Å². The Labute approximate surface area is 226 Å². The first-order valence-electron chi connectivity index (χ1n) is 13.1. The lowest BCUT2D eigenvalue weighted by molar-refractivity contribution is -0.143. The molecule has 1 saturated heterocycles. The Bertz CT molecular complexity index is 1540. The Hall–Kier alpha value is -3.65. The number of aromatic nitrogens is 1. The molecular weight excluding hydrogens is 498 g/mol. The number of fused-ring (bicyclic) bond motifs is 1. The van der Waals surface area contributed by atoms with Crippen molar-refractivity contribution < 1.29 is 14.3 Å². The third kappa shape index (κ3) is 5.18. The van der Waals surface area contributed by atoms with E-state index in [4.69, 9.17) is 9.47 Å². The van der Waals surface area contributed by atoms with Gasteiger partial charge in [-0.25, -0.2) is 9.79 Å². The minimum atomic E-state index is -0.670. The van der Waals surface area contributed by atoms with Gasteiger partial charge < -0.3 is 14.4 Å². The Morgan fingerprint density at radius 3 is 2.53 bits per heavy atom. The number of carbonyl (C=O) groups is 1. The molecule has 0 N–H and O–H groups in total. The first-order valence-corrected chi connectivity index (χ1v) is 13.9. The zero-order valence-corrected chi connectivity index (χ0v) is 23.1. The molecule has 1 aromatic heterocycles. The van der Waals surface area contributed by atoms with E-state index in [1.54, 1.807) is 32.4 Å². The predicted octanol–water partition coefficient (Wildman–Crippen LogP) is 4.19. The van der Waals surface area contributed by atoms with Crippen LogP contribution in [0.15, 0.2) is 69.6 Å². The fraction of sp³-hybridized carbons (Fsp3) is 0.367. The van der Waals surface area contributed by atoms with Crippen molar-refractivity contribution in [1.82, 2.24) is 4.57 Å². The van der Waals surface area contributed by atoms with E-state index in [0.717, 1.165) is 24.2 Å². The molecule has 0 bridgehead atoms. The van der Waals surface area contributed by atoms with Gasteiger partial charge in [0.15, 0.2) is 4.80 Å².